The summed E-state index contributed by atoms with van der Waals surface area (Å²) in [7, 11) is 0. The van der Waals surface area contributed by atoms with Gasteiger partial charge in [-0.25, -0.2) is 9.97 Å². The lowest BCUT2D eigenvalue weighted by molar-refractivity contribution is 0.311. The molecule has 7 nitrogen and oxygen atoms in total. The Morgan fingerprint density at radius 3 is 3.10 bits per heavy atom. The van der Waals surface area contributed by atoms with Crippen LogP contribution in [0.2, 0.25) is 0 Å². The maximum Gasteiger partial charge on any atom is 0.258 e. The molecule has 0 aliphatic carbocycles. The molecule has 0 aliphatic rings. The van der Waals surface area contributed by atoms with Gasteiger partial charge in [0.15, 0.2) is 5.13 Å². The van der Waals surface area contributed by atoms with Gasteiger partial charge in [0, 0.05) is 18.1 Å². The fourth-order valence-electron chi connectivity index (χ4n) is 1.99. The number of rotatable bonds is 4. The third kappa shape index (κ3) is 2.63. The molecule has 3 aromatic rings. The standard InChI is InChI=1S/C13H13N5O2S/c1-7-16-10-8(12(20)17-7)2-3-14-11(10)9-6-21-13(18-9)15-4-5-19/h2-3,6,19H,4-5H2,1H3,(H,15,18)(H,16,17,20). The molecule has 0 aliphatic heterocycles. The van der Waals surface area contributed by atoms with Gasteiger partial charge < -0.3 is 15.4 Å². The molecule has 0 amide bonds. The van der Waals surface area contributed by atoms with Crippen LogP contribution in [0.3, 0.4) is 0 Å². The second kappa shape index (κ2) is 5.58. The van der Waals surface area contributed by atoms with Gasteiger partial charge in [0.2, 0.25) is 0 Å². The number of hydrogen-bond donors (Lipinski definition) is 3. The van der Waals surface area contributed by atoms with Crippen LogP contribution >= 0.6 is 11.3 Å². The maximum atomic E-state index is 11.9. The van der Waals surface area contributed by atoms with Gasteiger partial charge in [-0.15, -0.1) is 11.3 Å². The molecule has 0 saturated carbocycles. The highest BCUT2D eigenvalue weighted by Crippen LogP contribution is 2.27. The summed E-state index contributed by atoms with van der Waals surface area (Å²) in [6, 6.07) is 1.64. The zero-order valence-corrected chi connectivity index (χ0v) is 12.1. The highest BCUT2D eigenvalue weighted by atomic mass is 32.1. The van der Waals surface area contributed by atoms with Crippen LogP contribution in [0.25, 0.3) is 22.3 Å². The van der Waals surface area contributed by atoms with Crippen molar-refractivity contribution in [3.05, 3.63) is 33.8 Å². The summed E-state index contributed by atoms with van der Waals surface area (Å²) < 4.78 is 0. The summed E-state index contributed by atoms with van der Waals surface area (Å²) in [5.41, 5.74) is 1.59. The van der Waals surface area contributed by atoms with Crippen LogP contribution in [-0.4, -0.2) is 38.2 Å². The van der Waals surface area contributed by atoms with Gasteiger partial charge >= 0.3 is 0 Å². The van der Waals surface area contributed by atoms with Crippen LogP contribution in [0.4, 0.5) is 5.13 Å². The van der Waals surface area contributed by atoms with E-state index < -0.39 is 0 Å². The Balaban J connectivity index is 2.12. The minimum Gasteiger partial charge on any atom is -0.395 e. The predicted molar refractivity (Wildman–Crippen MR) is 81.6 cm³/mol. The SMILES string of the molecule is Cc1nc2c(-c3csc(NCCO)n3)nccc2c(=O)[nH]1. The summed E-state index contributed by atoms with van der Waals surface area (Å²) in [5, 5.41) is 14.8. The Labute approximate surface area is 123 Å². The van der Waals surface area contributed by atoms with Crippen LogP contribution in [0.5, 0.6) is 0 Å². The number of pyridine rings is 1. The summed E-state index contributed by atoms with van der Waals surface area (Å²) in [5.74, 6) is 0.538. The number of nitrogens with zero attached hydrogens (tertiary/aromatic N) is 3. The number of aromatic amines is 1. The van der Waals surface area contributed by atoms with Crippen molar-refractivity contribution in [3.63, 3.8) is 0 Å². The normalized spacial score (nSPS) is 11.0. The van der Waals surface area contributed by atoms with Crippen LogP contribution in [0.1, 0.15) is 5.82 Å². The first kappa shape index (κ1) is 13.7. The fourth-order valence-corrected chi connectivity index (χ4v) is 2.72. The summed E-state index contributed by atoms with van der Waals surface area (Å²) in [6.45, 7) is 2.21. The molecular weight excluding hydrogens is 290 g/mol. The van der Waals surface area contributed by atoms with Crippen molar-refractivity contribution in [1.29, 1.82) is 0 Å². The smallest absolute Gasteiger partial charge is 0.258 e. The first-order valence-electron chi connectivity index (χ1n) is 6.35. The molecule has 0 aromatic carbocycles. The maximum absolute atomic E-state index is 11.9. The van der Waals surface area contributed by atoms with E-state index in [1.165, 1.54) is 11.3 Å². The molecule has 108 valence electrons. The molecule has 3 N–H and O–H groups in total. The topological polar surface area (TPSA) is 104 Å². The average Bonchev–Trinajstić information content (AvgIpc) is 2.93. The van der Waals surface area contributed by atoms with Crippen LogP contribution in [-0.2, 0) is 0 Å². The van der Waals surface area contributed by atoms with E-state index in [-0.39, 0.29) is 12.2 Å². The van der Waals surface area contributed by atoms with Crippen molar-refractivity contribution in [1.82, 2.24) is 19.9 Å². The van der Waals surface area contributed by atoms with Crippen molar-refractivity contribution in [3.8, 4) is 11.4 Å². The van der Waals surface area contributed by atoms with Gasteiger partial charge in [-0.2, -0.15) is 0 Å². The van der Waals surface area contributed by atoms with Crippen LogP contribution < -0.4 is 10.9 Å². The lowest BCUT2D eigenvalue weighted by Gasteiger charge is -2.03. The third-order valence-electron chi connectivity index (χ3n) is 2.88. The van der Waals surface area contributed by atoms with Gasteiger partial charge in [0.1, 0.15) is 22.7 Å². The molecule has 3 rings (SSSR count). The number of hydrogen-bond acceptors (Lipinski definition) is 7. The number of aryl methyl sites for hydroxylation is 1. The third-order valence-corrected chi connectivity index (χ3v) is 3.68. The number of thiazole rings is 1. The largest absolute Gasteiger partial charge is 0.395 e. The van der Waals surface area contributed by atoms with Gasteiger partial charge in [0.25, 0.3) is 5.56 Å². The predicted octanol–water partition coefficient (Wildman–Crippen LogP) is 1.15. The quantitative estimate of drug-likeness (QED) is 0.668. The van der Waals surface area contributed by atoms with Crippen LogP contribution in [0, 0.1) is 6.92 Å². The zero-order chi connectivity index (χ0) is 14.8. The van der Waals surface area contributed by atoms with E-state index >= 15 is 0 Å². The van der Waals surface area contributed by atoms with Gasteiger partial charge in [0.05, 0.1) is 12.0 Å². The van der Waals surface area contributed by atoms with Crippen molar-refractivity contribution in [2.45, 2.75) is 6.92 Å². The molecular formula is C13H13N5O2S. The number of aliphatic hydroxyl groups excluding tert-OH is 1. The van der Waals surface area contributed by atoms with E-state index in [1.54, 1.807) is 19.2 Å². The van der Waals surface area contributed by atoms with Crippen molar-refractivity contribution < 1.29 is 5.11 Å². The Kier molecular flexibility index (Phi) is 3.63. The van der Waals surface area contributed by atoms with Gasteiger partial charge in [-0.05, 0) is 13.0 Å². The molecule has 8 heteroatoms. The minimum absolute atomic E-state index is 0.0392. The minimum atomic E-state index is -0.185. The second-order valence-corrected chi connectivity index (χ2v) is 5.25. The summed E-state index contributed by atoms with van der Waals surface area (Å²) >= 11 is 1.41. The molecule has 3 heterocycles. The van der Waals surface area contributed by atoms with E-state index in [9.17, 15) is 4.79 Å². The molecule has 0 spiro atoms. The molecule has 3 aromatic heterocycles. The molecule has 0 fully saturated rings. The first-order valence-corrected chi connectivity index (χ1v) is 7.23. The van der Waals surface area contributed by atoms with Crippen molar-refractivity contribution >= 4 is 27.4 Å². The highest BCUT2D eigenvalue weighted by Gasteiger charge is 2.13. The van der Waals surface area contributed by atoms with Gasteiger partial charge in [-0.3, -0.25) is 9.78 Å². The lowest BCUT2D eigenvalue weighted by atomic mass is 10.2. The number of aliphatic hydroxyl groups is 1. The molecule has 21 heavy (non-hydrogen) atoms. The molecule has 0 atom stereocenters. The summed E-state index contributed by atoms with van der Waals surface area (Å²) in [6.07, 6.45) is 1.57. The number of anilines is 1. The Morgan fingerprint density at radius 2 is 2.29 bits per heavy atom. The Morgan fingerprint density at radius 1 is 1.43 bits per heavy atom. The molecule has 0 radical (unpaired) electrons. The lowest BCUT2D eigenvalue weighted by Crippen LogP contribution is -2.10. The second-order valence-electron chi connectivity index (χ2n) is 4.40. The summed E-state index contributed by atoms with van der Waals surface area (Å²) in [4.78, 5) is 27.7. The molecule has 0 unspecified atom stereocenters. The number of fused-ring (bicyclic) bond motifs is 1. The number of nitrogens with one attached hydrogen (secondary N) is 2. The molecule has 0 bridgehead atoms. The fraction of sp³-hybridized carbons (Fsp3) is 0.231. The van der Waals surface area contributed by atoms with Crippen LogP contribution in [0.15, 0.2) is 22.4 Å². The van der Waals surface area contributed by atoms with Gasteiger partial charge in [-0.1, -0.05) is 0 Å². The monoisotopic (exact) mass is 303 g/mol. The van der Waals surface area contributed by atoms with E-state index in [0.29, 0.717) is 39.8 Å². The Bertz CT molecular complexity index is 842. The van der Waals surface area contributed by atoms with E-state index in [1.807, 2.05) is 5.38 Å². The zero-order valence-electron chi connectivity index (χ0n) is 11.3. The first-order chi connectivity index (χ1) is 10.2. The van der Waals surface area contributed by atoms with E-state index in [0.717, 1.165) is 0 Å². The van der Waals surface area contributed by atoms with E-state index in [2.05, 4.69) is 25.3 Å². The van der Waals surface area contributed by atoms with Crippen molar-refractivity contribution in [2.75, 3.05) is 18.5 Å². The number of aromatic nitrogens is 4. The number of H-pyrrole nitrogens is 1. The Hall–Kier alpha value is -2.32. The molecule has 0 saturated heterocycles. The highest BCUT2D eigenvalue weighted by molar-refractivity contribution is 7.14. The average molecular weight is 303 g/mol. The van der Waals surface area contributed by atoms with Crippen molar-refractivity contribution in [2.24, 2.45) is 0 Å². The van der Waals surface area contributed by atoms with E-state index in [4.69, 9.17) is 5.11 Å².